The third-order valence-corrected chi connectivity index (χ3v) is 4.33. The number of rotatable bonds is 7. The summed E-state index contributed by atoms with van der Waals surface area (Å²) in [6.45, 7) is 8.57. The zero-order chi connectivity index (χ0) is 14.4. The van der Waals surface area contributed by atoms with Crippen molar-refractivity contribution in [3.8, 4) is 0 Å². The van der Waals surface area contributed by atoms with E-state index >= 15 is 0 Å². The smallest absolute Gasteiger partial charge is 0.101 e. The summed E-state index contributed by atoms with van der Waals surface area (Å²) in [6, 6.07) is 10.6. The molecule has 2 rings (SSSR count). The normalized spacial score (nSPS) is 11.4. The molecule has 0 saturated carbocycles. The van der Waals surface area contributed by atoms with Gasteiger partial charge in [0.2, 0.25) is 0 Å². The molecule has 0 radical (unpaired) electrons. The van der Waals surface area contributed by atoms with E-state index in [0.717, 1.165) is 30.3 Å². The van der Waals surface area contributed by atoms with Crippen LogP contribution < -0.4 is 5.32 Å². The molecule has 3 heteroatoms. The van der Waals surface area contributed by atoms with Gasteiger partial charge in [0.1, 0.15) is 5.03 Å². The van der Waals surface area contributed by atoms with Crippen molar-refractivity contribution < 1.29 is 0 Å². The highest BCUT2D eigenvalue weighted by Crippen LogP contribution is 2.26. The summed E-state index contributed by atoms with van der Waals surface area (Å²) < 4.78 is 0. The minimum atomic E-state index is 0.750. The number of aromatic nitrogens is 1. The molecule has 0 aliphatic carbocycles. The highest BCUT2D eigenvalue weighted by atomic mass is 32.2. The van der Waals surface area contributed by atoms with E-state index in [-0.39, 0.29) is 0 Å². The molecule has 0 aliphatic rings. The van der Waals surface area contributed by atoms with Crippen LogP contribution in [-0.4, -0.2) is 17.3 Å². The van der Waals surface area contributed by atoms with Crippen molar-refractivity contribution in [2.75, 3.05) is 12.3 Å². The molecule has 20 heavy (non-hydrogen) atoms. The quantitative estimate of drug-likeness (QED) is 0.760. The van der Waals surface area contributed by atoms with E-state index in [1.807, 2.05) is 11.8 Å². The van der Waals surface area contributed by atoms with Gasteiger partial charge in [0, 0.05) is 11.9 Å². The molecule has 0 spiro atoms. The van der Waals surface area contributed by atoms with Gasteiger partial charge in [-0.15, -0.1) is 11.8 Å². The number of hydrogen-bond acceptors (Lipinski definition) is 3. The Hall–Kier alpha value is -1.06. The second kappa shape index (κ2) is 7.65. The minimum absolute atomic E-state index is 0.750. The molecule has 1 aromatic heterocycles. The van der Waals surface area contributed by atoms with Gasteiger partial charge in [-0.1, -0.05) is 39.0 Å². The lowest BCUT2D eigenvalue weighted by Crippen LogP contribution is -2.13. The van der Waals surface area contributed by atoms with Crippen molar-refractivity contribution in [2.24, 2.45) is 5.92 Å². The molecule has 0 saturated heterocycles. The fourth-order valence-electron chi connectivity index (χ4n) is 2.04. The average molecular weight is 288 g/mol. The van der Waals surface area contributed by atoms with E-state index in [4.69, 9.17) is 4.98 Å². The number of fused-ring (bicyclic) bond motifs is 1. The van der Waals surface area contributed by atoms with Crippen LogP contribution in [0.1, 0.15) is 32.8 Å². The predicted molar refractivity (Wildman–Crippen MR) is 89.3 cm³/mol. The summed E-state index contributed by atoms with van der Waals surface area (Å²) in [7, 11) is 0. The van der Waals surface area contributed by atoms with Crippen molar-refractivity contribution in [2.45, 2.75) is 38.8 Å². The number of thioether (sulfide) groups is 1. The van der Waals surface area contributed by atoms with Gasteiger partial charge in [-0.25, -0.2) is 4.98 Å². The minimum Gasteiger partial charge on any atom is -0.313 e. The van der Waals surface area contributed by atoms with Gasteiger partial charge in [-0.3, -0.25) is 0 Å². The lowest BCUT2D eigenvalue weighted by Gasteiger charge is -2.11. The Morgan fingerprint density at radius 2 is 2.05 bits per heavy atom. The monoisotopic (exact) mass is 288 g/mol. The molecule has 2 nitrogen and oxygen atoms in total. The molecule has 0 atom stereocenters. The van der Waals surface area contributed by atoms with E-state index in [2.05, 4.69) is 56.4 Å². The Morgan fingerprint density at radius 1 is 1.25 bits per heavy atom. The standard InChI is InChI=1S/C17H24N2S/c1-4-18-12-15-11-14-7-5-6-8-16(14)19-17(15)20-10-9-13(2)3/h5-8,11,13,18H,4,9-10,12H2,1-3H3. The maximum absolute atomic E-state index is 4.85. The van der Waals surface area contributed by atoms with Crippen LogP contribution in [0, 0.1) is 5.92 Å². The van der Waals surface area contributed by atoms with Gasteiger partial charge in [-0.2, -0.15) is 0 Å². The van der Waals surface area contributed by atoms with Crippen LogP contribution in [0.4, 0.5) is 0 Å². The van der Waals surface area contributed by atoms with Gasteiger partial charge in [-0.05, 0) is 42.3 Å². The molecule has 0 bridgehead atoms. The van der Waals surface area contributed by atoms with Crippen LogP contribution in [0.3, 0.4) is 0 Å². The SMILES string of the molecule is CCNCc1cc2ccccc2nc1SCCC(C)C. The molecule has 108 valence electrons. The first-order chi connectivity index (χ1) is 9.70. The Bertz CT molecular complexity index is 552. The Labute approximate surface area is 126 Å². The summed E-state index contributed by atoms with van der Waals surface area (Å²) in [5, 5.41) is 5.83. The molecule has 0 aliphatic heterocycles. The van der Waals surface area contributed by atoms with Crippen LogP contribution in [0.5, 0.6) is 0 Å². The summed E-state index contributed by atoms with van der Waals surface area (Å²) in [5.74, 6) is 1.89. The van der Waals surface area contributed by atoms with Gasteiger partial charge in [0.25, 0.3) is 0 Å². The van der Waals surface area contributed by atoms with Crippen molar-refractivity contribution >= 4 is 22.7 Å². The first-order valence-electron chi connectivity index (χ1n) is 7.43. The van der Waals surface area contributed by atoms with E-state index in [0.29, 0.717) is 0 Å². The molecule has 1 heterocycles. The molecule has 0 amide bonds. The van der Waals surface area contributed by atoms with Crippen LogP contribution in [0.25, 0.3) is 10.9 Å². The maximum Gasteiger partial charge on any atom is 0.101 e. The summed E-state index contributed by atoms with van der Waals surface area (Å²) in [5.41, 5.74) is 2.42. The summed E-state index contributed by atoms with van der Waals surface area (Å²) >= 11 is 1.89. The molecule has 1 aromatic carbocycles. The number of pyridine rings is 1. The van der Waals surface area contributed by atoms with Crippen molar-refractivity contribution in [1.82, 2.24) is 10.3 Å². The topological polar surface area (TPSA) is 24.9 Å². The first kappa shape index (κ1) is 15.3. The second-order valence-corrected chi connectivity index (χ2v) is 6.54. The first-order valence-corrected chi connectivity index (χ1v) is 8.41. The number of benzene rings is 1. The fourth-order valence-corrected chi connectivity index (χ4v) is 3.31. The van der Waals surface area contributed by atoms with Crippen molar-refractivity contribution in [3.63, 3.8) is 0 Å². The third kappa shape index (κ3) is 4.22. The summed E-state index contributed by atoms with van der Waals surface area (Å²) in [6.07, 6.45) is 1.24. The van der Waals surface area contributed by atoms with E-state index < -0.39 is 0 Å². The molecule has 0 unspecified atom stereocenters. The van der Waals surface area contributed by atoms with Crippen LogP contribution in [-0.2, 0) is 6.54 Å². The predicted octanol–water partition coefficient (Wildman–Crippen LogP) is 4.48. The van der Waals surface area contributed by atoms with Crippen molar-refractivity contribution in [3.05, 3.63) is 35.9 Å². The fraction of sp³-hybridized carbons (Fsp3) is 0.471. The number of nitrogens with zero attached hydrogens (tertiary/aromatic N) is 1. The molecule has 2 aromatic rings. The van der Waals surface area contributed by atoms with Gasteiger partial charge < -0.3 is 5.32 Å². The van der Waals surface area contributed by atoms with E-state index in [9.17, 15) is 0 Å². The maximum atomic E-state index is 4.85. The zero-order valence-electron chi connectivity index (χ0n) is 12.6. The van der Waals surface area contributed by atoms with E-state index in [1.165, 1.54) is 22.4 Å². The van der Waals surface area contributed by atoms with E-state index in [1.54, 1.807) is 0 Å². The highest BCUT2D eigenvalue weighted by molar-refractivity contribution is 7.99. The Morgan fingerprint density at radius 3 is 2.80 bits per heavy atom. The largest absolute Gasteiger partial charge is 0.313 e. The lowest BCUT2D eigenvalue weighted by atomic mass is 10.1. The number of para-hydroxylation sites is 1. The number of hydrogen-bond donors (Lipinski definition) is 1. The molecular weight excluding hydrogens is 264 g/mol. The summed E-state index contributed by atoms with van der Waals surface area (Å²) in [4.78, 5) is 4.85. The molecule has 1 N–H and O–H groups in total. The van der Waals surface area contributed by atoms with Gasteiger partial charge >= 0.3 is 0 Å². The average Bonchev–Trinajstić information content (AvgIpc) is 2.44. The third-order valence-electron chi connectivity index (χ3n) is 3.26. The molecular formula is C17H24N2S. The zero-order valence-corrected chi connectivity index (χ0v) is 13.5. The van der Waals surface area contributed by atoms with Crippen LogP contribution in [0.15, 0.2) is 35.4 Å². The lowest BCUT2D eigenvalue weighted by molar-refractivity contribution is 0.631. The van der Waals surface area contributed by atoms with Crippen molar-refractivity contribution in [1.29, 1.82) is 0 Å². The second-order valence-electron chi connectivity index (χ2n) is 5.46. The Kier molecular flexibility index (Phi) is 5.86. The van der Waals surface area contributed by atoms with Crippen LogP contribution >= 0.6 is 11.8 Å². The van der Waals surface area contributed by atoms with Crippen LogP contribution in [0.2, 0.25) is 0 Å². The highest BCUT2D eigenvalue weighted by Gasteiger charge is 2.07. The van der Waals surface area contributed by atoms with Gasteiger partial charge in [0.15, 0.2) is 0 Å². The molecule has 0 fully saturated rings. The Balaban J connectivity index is 2.23. The number of nitrogens with one attached hydrogen (secondary N) is 1. The van der Waals surface area contributed by atoms with Gasteiger partial charge in [0.05, 0.1) is 5.52 Å².